The highest BCUT2D eigenvalue weighted by Crippen LogP contribution is 2.34. The third-order valence-electron chi connectivity index (χ3n) is 4.61. The number of carboxylic acids is 1. The van der Waals surface area contributed by atoms with E-state index in [4.69, 9.17) is 26.2 Å². The highest BCUT2D eigenvalue weighted by Gasteiger charge is 2.15. The van der Waals surface area contributed by atoms with E-state index in [1.807, 2.05) is 24.3 Å². The number of aromatic carboxylic acids is 1. The molecule has 7 nitrogen and oxygen atoms in total. The zero-order chi connectivity index (χ0) is 23.8. The molecule has 0 saturated carbocycles. The SMILES string of the molecule is COc1cccc(/C=C(\C#N)C(=O)Nc2ccc(C(=O)O)cc2)c1OCc1ccccc1Cl. The molecule has 166 valence electrons. The number of benzene rings is 3. The minimum Gasteiger partial charge on any atom is -0.493 e. The van der Waals surface area contributed by atoms with Crippen molar-refractivity contribution in [1.29, 1.82) is 5.26 Å². The van der Waals surface area contributed by atoms with Gasteiger partial charge in [0.1, 0.15) is 18.2 Å². The first kappa shape index (κ1) is 23.4. The van der Waals surface area contributed by atoms with Gasteiger partial charge in [0.25, 0.3) is 5.91 Å². The van der Waals surface area contributed by atoms with Gasteiger partial charge in [-0.25, -0.2) is 4.79 Å². The quantitative estimate of drug-likeness (QED) is 0.353. The molecule has 0 spiro atoms. The predicted molar refractivity (Wildman–Crippen MR) is 124 cm³/mol. The third-order valence-corrected chi connectivity index (χ3v) is 4.98. The van der Waals surface area contributed by atoms with Crippen LogP contribution >= 0.6 is 11.6 Å². The summed E-state index contributed by atoms with van der Waals surface area (Å²) < 4.78 is 11.3. The van der Waals surface area contributed by atoms with Gasteiger partial charge in [0.15, 0.2) is 11.5 Å². The third kappa shape index (κ3) is 5.91. The van der Waals surface area contributed by atoms with E-state index in [-0.39, 0.29) is 17.7 Å². The molecule has 0 unspecified atom stereocenters. The van der Waals surface area contributed by atoms with Crippen LogP contribution in [0.25, 0.3) is 6.08 Å². The Labute approximate surface area is 195 Å². The van der Waals surface area contributed by atoms with Gasteiger partial charge < -0.3 is 19.9 Å². The van der Waals surface area contributed by atoms with Crippen LogP contribution in [0.5, 0.6) is 11.5 Å². The summed E-state index contributed by atoms with van der Waals surface area (Å²) in [6.07, 6.45) is 1.39. The second-order valence-electron chi connectivity index (χ2n) is 6.77. The molecule has 8 heteroatoms. The molecule has 2 N–H and O–H groups in total. The monoisotopic (exact) mass is 462 g/mol. The zero-order valence-electron chi connectivity index (χ0n) is 17.5. The average molecular weight is 463 g/mol. The number of methoxy groups -OCH3 is 1. The van der Waals surface area contributed by atoms with E-state index in [1.54, 1.807) is 24.3 Å². The van der Waals surface area contributed by atoms with E-state index in [9.17, 15) is 14.9 Å². The Morgan fingerprint density at radius 2 is 1.82 bits per heavy atom. The van der Waals surface area contributed by atoms with Gasteiger partial charge in [-0.1, -0.05) is 41.9 Å². The lowest BCUT2D eigenvalue weighted by Crippen LogP contribution is -2.13. The van der Waals surface area contributed by atoms with E-state index in [1.165, 1.54) is 37.5 Å². The lowest BCUT2D eigenvalue weighted by atomic mass is 10.1. The maximum atomic E-state index is 12.6. The van der Waals surface area contributed by atoms with E-state index < -0.39 is 11.9 Å². The van der Waals surface area contributed by atoms with Crippen LogP contribution in [0.2, 0.25) is 5.02 Å². The molecule has 0 heterocycles. The lowest BCUT2D eigenvalue weighted by molar-refractivity contribution is -0.112. The summed E-state index contributed by atoms with van der Waals surface area (Å²) in [5.41, 5.74) is 1.50. The number of anilines is 1. The molecule has 33 heavy (non-hydrogen) atoms. The number of nitrogens with zero attached hydrogens (tertiary/aromatic N) is 1. The van der Waals surface area contributed by atoms with Gasteiger partial charge in [-0.2, -0.15) is 5.26 Å². The summed E-state index contributed by atoms with van der Waals surface area (Å²) in [6.45, 7) is 0.158. The van der Waals surface area contributed by atoms with Crippen LogP contribution in [0.1, 0.15) is 21.5 Å². The van der Waals surface area contributed by atoms with Gasteiger partial charge in [-0.3, -0.25) is 4.79 Å². The van der Waals surface area contributed by atoms with Crippen molar-refractivity contribution < 1.29 is 24.2 Å². The van der Waals surface area contributed by atoms with Crippen LogP contribution < -0.4 is 14.8 Å². The highest BCUT2D eigenvalue weighted by atomic mass is 35.5. The van der Waals surface area contributed by atoms with E-state index in [0.717, 1.165) is 5.56 Å². The number of hydrogen-bond acceptors (Lipinski definition) is 5. The van der Waals surface area contributed by atoms with Gasteiger partial charge in [0, 0.05) is 21.8 Å². The molecule has 0 bridgehead atoms. The minimum atomic E-state index is -1.08. The summed E-state index contributed by atoms with van der Waals surface area (Å²) in [6, 6.07) is 19.8. The Morgan fingerprint density at radius 3 is 2.45 bits per heavy atom. The number of nitriles is 1. The van der Waals surface area contributed by atoms with Gasteiger partial charge in [0.2, 0.25) is 0 Å². The predicted octanol–water partition coefficient (Wildman–Crippen LogP) is 5.17. The van der Waals surface area contributed by atoms with Crippen LogP contribution in [0.4, 0.5) is 5.69 Å². The molecule has 0 atom stereocenters. The van der Waals surface area contributed by atoms with Crippen molar-refractivity contribution >= 4 is 35.2 Å². The summed E-state index contributed by atoms with van der Waals surface area (Å²) in [5.74, 6) is -0.947. The molecule has 3 aromatic carbocycles. The Morgan fingerprint density at radius 1 is 1.09 bits per heavy atom. The number of carboxylic acid groups (broad SMARTS) is 1. The molecule has 0 aromatic heterocycles. The smallest absolute Gasteiger partial charge is 0.335 e. The van der Waals surface area contributed by atoms with Crippen molar-refractivity contribution in [3.8, 4) is 17.6 Å². The summed E-state index contributed by atoms with van der Waals surface area (Å²) >= 11 is 6.20. The van der Waals surface area contributed by atoms with Gasteiger partial charge in [-0.05, 0) is 42.5 Å². The number of amides is 1. The number of nitrogens with one attached hydrogen (secondary N) is 1. The molecule has 0 radical (unpaired) electrons. The second kappa shape index (κ2) is 10.8. The maximum absolute atomic E-state index is 12.6. The lowest BCUT2D eigenvalue weighted by Gasteiger charge is -2.14. The first-order valence-electron chi connectivity index (χ1n) is 9.72. The molecular formula is C25H19ClN2O5. The Bertz CT molecular complexity index is 1250. The number of ether oxygens (including phenoxy) is 2. The zero-order valence-corrected chi connectivity index (χ0v) is 18.3. The van der Waals surface area contributed by atoms with Crippen molar-refractivity contribution in [2.45, 2.75) is 6.61 Å². The molecular weight excluding hydrogens is 444 g/mol. The first-order chi connectivity index (χ1) is 15.9. The largest absolute Gasteiger partial charge is 0.493 e. The molecule has 0 aliphatic heterocycles. The summed E-state index contributed by atoms with van der Waals surface area (Å²) in [4.78, 5) is 23.6. The molecule has 1 amide bonds. The molecule has 3 aromatic rings. The van der Waals surface area contributed by atoms with Crippen LogP contribution in [0.15, 0.2) is 72.3 Å². The van der Waals surface area contributed by atoms with Crippen LogP contribution in [-0.2, 0) is 11.4 Å². The second-order valence-corrected chi connectivity index (χ2v) is 7.17. The van der Waals surface area contributed by atoms with Crippen LogP contribution in [0.3, 0.4) is 0 Å². The fraction of sp³-hybridized carbons (Fsp3) is 0.0800. The molecule has 0 saturated heterocycles. The summed E-state index contributed by atoms with van der Waals surface area (Å²) in [7, 11) is 1.49. The van der Waals surface area contributed by atoms with Crippen molar-refractivity contribution in [2.75, 3.05) is 12.4 Å². The number of para-hydroxylation sites is 1. The van der Waals surface area contributed by atoms with E-state index >= 15 is 0 Å². The number of hydrogen-bond donors (Lipinski definition) is 2. The maximum Gasteiger partial charge on any atom is 0.335 e. The standard InChI is InChI=1S/C25H19ClN2O5/c1-32-22-8-4-6-17(23(22)33-15-18-5-2-3-7-21(18)26)13-19(14-27)24(29)28-20-11-9-16(10-12-20)25(30)31/h2-13H,15H2,1H3,(H,28,29)(H,30,31)/b19-13+. The number of rotatable bonds is 8. The van der Waals surface area contributed by atoms with Gasteiger partial charge in [-0.15, -0.1) is 0 Å². The first-order valence-corrected chi connectivity index (χ1v) is 10.1. The fourth-order valence-corrected chi connectivity index (χ4v) is 3.12. The minimum absolute atomic E-state index is 0.0840. The Hall–Kier alpha value is -4.28. The van der Waals surface area contributed by atoms with Crippen molar-refractivity contribution in [3.05, 3.63) is 94.0 Å². The van der Waals surface area contributed by atoms with Crippen molar-refractivity contribution in [3.63, 3.8) is 0 Å². The molecule has 0 aliphatic carbocycles. The van der Waals surface area contributed by atoms with Crippen molar-refractivity contribution in [1.82, 2.24) is 0 Å². The Balaban J connectivity index is 1.86. The fourth-order valence-electron chi connectivity index (χ4n) is 2.93. The topological polar surface area (TPSA) is 109 Å². The Kier molecular flexibility index (Phi) is 7.68. The average Bonchev–Trinajstić information content (AvgIpc) is 2.82. The highest BCUT2D eigenvalue weighted by molar-refractivity contribution is 6.31. The number of carbonyl (C=O) groups is 2. The van der Waals surface area contributed by atoms with E-state index in [2.05, 4.69) is 5.32 Å². The van der Waals surface area contributed by atoms with E-state index in [0.29, 0.717) is 27.8 Å². The number of carbonyl (C=O) groups excluding carboxylic acids is 1. The van der Waals surface area contributed by atoms with Crippen molar-refractivity contribution in [2.24, 2.45) is 0 Å². The number of halogens is 1. The van der Waals surface area contributed by atoms with Gasteiger partial charge in [0.05, 0.1) is 12.7 Å². The van der Waals surface area contributed by atoms with Crippen LogP contribution in [-0.4, -0.2) is 24.1 Å². The van der Waals surface area contributed by atoms with Crippen LogP contribution in [0, 0.1) is 11.3 Å². The van der Waals surface area contributed by atoms with Gasteiger partial charge >= 0.3 is 5.97 Å². The molecule has 0 aliphatic rings. The normalized spacial score (nSPS) is 10.8. The molecule has 0 fully saturated rings. The summed E-state index contributed by atoms with van der Waals surface area (Å²) in [5, 5.41) is 21.7. The molecule has 3 rings (SSSR count).